The molecule has 1 aromatic carbocycles. The molecule has 5 nitrogen and oxygen atoms in total. The zero-order valence-electron chi connectivity index (χ0n) is 12.2. The largest absolute Gasteiger partial charge is 0.409 e. The van der Waals surface area contributed by atoms with E-state index < -0.39 is 0 Å². The van der Waals surface area contributed by atoms with Crippen molar-refractivity contribution in [2.45, 2.75) is 26.4 Å². The molecule has 0 aliphatic carbocycles. The Hall–Kier alpha value is -2.40. The second-order valence-corrected chi connectivity index (χ2v) is 5.01. The van der Waals surface area contributed by atoms with E-state index in [1.807, 2.05) is 12.1 Å². The normalized spacial score (nSPS) is 13.1. The number of nitrogens with one attached hydrogen (secondary N) is 1. The Bertz CT molecular complexity index is 640. The van der Waals surface area contributed by atoms with Crippen molar-refractivity contribution in [3.8, 4) is 0 Å². The molecule has 4 N–H and O–H groups in total. The topological polar surface area (TPSA) is 83.5 Å². The average Bonchev–Trinajstić information content (AvgIpc) is 2.52. The van der Waals surface area contributed by atoms with Gasteiger partial charge in [-0.25, -0.2) is 0 Å². The molecular weight excluding hydrogens is 264 g/mol. The Kier molecular flexibility index (Phi) is 4.90. The van der Waals surface area contributed by atoms with E-state index in [0.29, 0.717) is 12.2 Å². The maximum Gasteiger partial charge on any atom is 0.189 e. The van der Waals surface area contributed by atoms with E-state index in [1.54, 1.807) is 6.20 Å². The number of oxime groups is 1. The Morgan fingerprint density at radius 2 is 2.19 bits per heavy atom. The smallest absolute Gasteiger partial charge is 0.189 e. The molecule has 0 saturated heterocycles. The molecular formula is C16H20N4O. The highest BCUT2D eigenvalue weighted by Crippen LogP contribution is 2.15. The highest BCUT2D eigenvalue weighted by molar-refractivity contribution is 5.96. The third kappa shape index (κ3) is 3.79. The minimum Gasteiger partial charge on any atom is -0.409 e. The van der Waals surface area contributed by atoms with Crippen molar-refractivity contribution < 1.29 is 5.21 Å². The fourth-order valence-electron chi connectivity index (χ4n) is 2.18. The summed E-state index contributed by atoms with van der Waals surface area (Å²) in [5, 5.41) is 15.3. The van der Waals surface area contributed by atoms with Crippen LogP contribution in [0.4, 0.5) is 0 Å². The first-order valence-electron chi connectivity index (χ1n) is 6.83. The van der Waals surface area contributed by atoms with Crippen molar-refractivity contribution in [1.29, 1.82) is 0 Å². The van der Waals surface area contributed by atoms with Gasteiger partial charge < -0.3 is 16.3 Å². The lowest BCUT2D eigenvalue weighted by Gasteiger charge is -2.16. The van der Waals surface area contributed by atoms with Crippen LogP contribution in [0.15, 0.2) is 47.8 Å². The lowest BCUT2D eigenvalue weighted by atomic mass is 10.1. The fourth-order valence-corrected chi connectivity index (χ4v) is 2.18. The first-order chi connectivity index (χ1) is 10.1. The fraction of sp³-hybridized carbons (Fsp3) is 0.250. The van der Waals surface area contributed by atoms with Gasteiger partial charge in [0.25, 0.3) is 0 Å². The summed E-state index contributed by atoms with van der Waals surface area (Å²) in [4.78, 5) is 4.16. The predicted octanol–water partition coefficient (Wildman–Crippen LogP) is 2.34. The molecule has 0 spiro atoms. The van der Waals surface area contributed by atoms with Crippen molar-refractivity contribution in [1.82, 2.24) is 10.3 Å². The zero-order chi connectivity index (χ0) is 15.2. The van der Waals surface area contributed by atoms with Gasteiger partial charge in [-0.1, -0.05) is 41.1 Å². The minimum absolute atomic E-state index is 0.0237. The van der Waals surface area contributed by atoms with E-state index in [1.165, 1.54) is 11.1 Å². The van der Waals surface area contributed by atoms with Gasteiger partial charge in [-0.3, -0.25) is 4.98 Å². The third-order valence-corrected chi connectivity index (χ3v) is 3.38. The van der Waals surface area contributed by atoms with E-state index in [9.17, 15) is 0 Å². The summed E-state index contributed by atoms with van der Waals surface area (Å²) in [6, 6.07) is 12.3. The number of pyridine rings is 1. The van der Waals surface area contributed by atoms with Crippen LogP contribution in [0.25, 0.3) is 0 Å². The van der Waals surface area contributed by atoms with Gasteiger partial charge in [0.15, 0.2) is 5.84 Å². The van der Waals surface area contributed by atoms with Crippen LogP contribution in [0.1, 0.15) is 35.3 Å². The Balaban J connectivity index is 2.10. The first-order valence-corrected chi connectivity index (χ1v) is 6.83. The molecule has 1 aromatic heterocycles. The van der Waals surface area contributed by atoms with Crippen molar-refractivity contribution in [2.24, 2.45) is 10.9 Å². The van der Waals surface area contributed by atoms with Crippen LogP contribution in [0, 0.1) is 6.92 Å². The van der Waals surface area contributed by atoms with Crippen LogP contribution in [0.2, 0.25) is 0 Å². The Labute approximate surface area is 124 Å². The van der Waals surface area contributed by atoms with Crippen molar-refractivity contribution >= 4 is 5.84 Å². The Morgan fingerprint density at radius 3 is 2.90 bits per heavy atom. The SMILES string of the molecule is Cc1cccc([C@H](C)NCc2cccnc2/C(N)=N/O)c1. The van der Waals surface area contributed by atoms with Crippen LogP contribution in [0.3, 0.4) is 0 Å². The number of benzene rings is 1. The van der Waals surface area contributed by atoms with E-state index in [-0.39, 0.29) is 11.9 Å². The molecule has 0 aliphatic heterocycles. The third-order valence-electron chi connectivity index (χ3n) is 3.38. The lowest BCUT2D eigenvalue weighted by molar-refractivity contribution is 0.318. The van der Waals surface area contributed by atoms with Crippen molar-refractivity contribution in [3.05, 3.63) is 65.0 Å². The lowest BCUT2D eigenvalue weighted by Crippen LogP contribution is -2.23. The number of amidine groups is 1. The number of aryl methyl sites for hydroxylation is 1. The molecule has 0 fully saturated rings. The standard InChI is InChI=1S/C16H20N4O/c1-11-5-3-6-13(9-11)12(2)19-10-14-7-4-8-18-15(14)16(17)20-21/h3-9,12,19,21H,10H2,1-2H3,(H2,17,20)/t12-/m0/s1. The minimum atomic E-state index is 0.0237. The molecule has 21 heavy (non-hydrogen) atoms. The predicted molar refractivity (Wildman–Crippen MR) is 83.2 cm³/mol. The molecule has 2 aromatic rings. The molecule has 110 valence electrons. The van der Waals surface area contributed by atoms with Crippen molar-refractivity contribution in [2.75, 3.05) is 0 Å². The highest BCUT2D eigenvalue weighted by atomic mass is 16.4. The second-order valence-electron chi connectivity index (χ2n) is 5.01. The Morgan fingerprint density at radius 1 is 1.38 bits per heavy atom. The zero-order valence-corrected chi connectivity index (χ0v) is 12.2. The molecule has 1 heterocycles. The van der Waals surface area contributed by atoms with E-state index in [4.69, 9.17) is 10.9 Å². The number of nitrogens with two attached hydrogens (primary N) is 1. The second kappa shape index (κ2) is 6.85. The number of hydrogen-bond donors (Lipinski definition) is 3. The molecule has 0 amide bonds. The van der Waals surface area contributed by atoms with Gasteiger partial charge >= 0.3 is 0 Å². The maximum atomic E-state index is 8.80. The van der Waals surface area contributed by atoms with Gasteiger partial charge in [0.1, 0.15) is 5.69 Å². The van der Waals surface area contributed by atoms with Gasteiger partial charge in [-0.15, -0.1) is 0 Å². The quantitative estimate of drug-likeness (QED) is 0.340. The molecule has 0 aliphatic rings. The van der Waals surface area contributed by atoms with E-state index in [0.717, 1.165) is 5.56 Å². The van der Waals surface area contributed by atoms with Crippen LogP contribution in [0.5, 0.6) is 0 Å². The number of aromatic nitrogens is 1. The van der Waals surface area contributed by atoms with Gasteiger partial charge in [-0.2, -0.15) is 0 Å². The van der Waals surface area contributed by atoms with Gasteiger partial charge in [0, 0.05) is 18.8 Å². The maximum absolute atomic E-state index is 8.80. The molecule has 0 saturated carbocycles. The summed E-state index contributed by atoms with van der Waals surface area (Å²) in [6.45, 7) is 4.77. The van der Waals surface area contributed by atoms with Crippen LogP contribution in [-0.2, 0) is 6.54 Å². The van der Waals surface area contributed by atoms with Gasteiger partial charge in [0.2, 0.25) is 0 Å². The molecule has 1 atom stereocenters. The van der Waals surface area contributed by atoms with Crippen LogP contribution >= 0.6 is 0 Å². The van der Waals surface area contributed by atoms with Gasteiger partial charge in [-0.05, 0) is 31.0 Å². The molecule has 5 heteroatoms. The molecule has 0 bridgehead atoms. The summed E-state index contributed by atoms with van der Waals surface area (Å²) in [5.74, 6) is 0.0237. The van der Waals surface area contributed by atoms with Gasteiger partial charge in [0.05, 0.1) is 0 Å². The number of nitrogens with zero attached hydrogens (tertiary/aromatic N) is 2. The van der Waals surface area contributed by atoms with E-state index >= 15 is 0 Å². The highest BCUT2D eigenvalue weighted by Gasteiger charge is 2.10. The molecule has 0 radical (unpaired) electrons. The monoisotopic (exact) mass is 284 g/mol. The summed E-state index contributed by atoms with van der Waals surface area (Å²) in [7, 11) is 0. The average molecular weight is 284 g/mol. The van der Waals surface area contributed by atoms with Crippen LogP contribution < -0.4 is 11.1 Å². The summed E-state index contributed by atoms with van der Waals surface area (Å²) in [5.41, 5.74) is 9.50. The first kappa shape index (κ1) is 15.0. The molecule has 2 rings (SSSR count). The summed E-state index contributed by atoms with van der Waals surface area (Å²) in [6.07, 6.45) is 1.63. The summed E-state index contributed by atoms with van der Waals surface area (Å²) < 4.78 is 0. The van der Waals surface area contributed by atoms with Crippen LogP contribution in [-0.4, -0.2) is 16.0 Å². The number of rotatable bonds is 5. The van der Waals surface area contributed by atoms with E-state index in [2.05, 4.69) is 53.6 Å². The number of hydrogen-bond acceptors (Lipinski definition) is 4. The van der Waals surface area contributed by atoms with Crippen molar-refractivity contribution in [3.63, 3.8) is 0 Å². The molecule has 0 unspecified atom stereocenters. The summed E-state index contributed by atoms with van der Waals surface area (Å²) >= 11 is 0.